The first-order valence-electron chi connectivity index (χ1n) is 8.10. The number of hydrogen-bond acceptors (Lipinski definition) is 6. The highest BCUT2D eigenvalue weighted by Gasteiger charge is 2.22. The number of nitrogens with zero attached hydrogens (tertiary/aromatic N) is 2. The molecule has 138 valence electrons. The Kier molecular flexibility index (Phi) is 6.48. The Morgan fingerprint density at radius 3 is 2.58 bits per heavy atom. The first kappa shape index (κ1) is 19.2. The zero-order chi connectivity index (χ0) is 19.1. The fourth-order valence-electron chi connectivity index (χ4n) is 2.26. The Labute approximate surface area is 151 Å². The van der Waals surface area contributed by atoms with Gasteiger partial charge in [-0.2, -0.15) is 0 Å². The van der Waals surface area contributed by atoms with Gasteiger partial charge < -0.3 is 24.9 Å². The summed E-state index contributed by atoms with van der Waals surface area (Å²) in [6, 6.07) is 10.6. The van der Waals surface area contributed by atoms with E-state index < -0.39 is 16.8 Å². The lowest BCUT2D eigenvalue weighted by atomic mass is 10.1. The lowest BCUT2D eigenvalue weighted by Crippen LogP contribution is -2.37. The SMILES string of the molecule is COc1ccc(CCNC(=O)[C@@H](C)Oc2ccc(C)nc2[N+](=O)[O-])cc1. The van der Waals surface area contributed by atoms with Crippen LogP contribution in [0.3, 0.4) is 0 Å². The zero-order valence-corrected chi connectivity index (χ0v) is 14.9. The van der Waals surface area contributed by atoms with Crippen molar-refractivity contribution in [3.63, 3.8) is 0 Å². The van der Waals surface area contributed by atoms with Crippen LogP contribution in [0.5, 0.6) is 11.5 Å². The number of carbonyl (C=O) groups excluding carboxylic acids is 1. The third kappa shape index (κ3) is 5.17. The summed E-state index contributed by atoms with van der Waals surface area (Å²) in [5.74, 6) is -0.0113. The summed E-state index contributed by atoms with van der Waals surface area (Å²) in [6.45, 7) is 3.60. The second kappa shape index (κ2) is 8.80. The van der Waals surface area contributed by atoms with Crippen molar-refractivity contribution in [3.8, 4) is 11.5 Å². The van der Waals surface area contributed by atoms with Gasteiger partial charge in [0.05, 0.1) is 7.11 Å². The number of hydrogen-bond donors (Lipinski definition) is 1. The third-order valence-corrected chi connectivity index (χ3v) is 3.70. The van der Waals surface area contributed by atoms with Gasteiger partial charge >= 0.3 is 5.82 Å². The molecule has 0 fully saturated rings. The summed E-state index contributed by atoms with van der Waals surface area (Å²) < 4.78 is 10.5. The molecule has 0 radical (unpaired) electrons. The number of rotatable bonds is 8. The fraction of sp³-hybridized carbons (Fsp3) is 0.333. The van der Waals surface area contributed by atoms with Crippen LogP contribution in [0.25, 0.3) is 0 Å². The smallest absolute Gasteiger partial charge is 0.406 e. The Hall–Kier alpha value is -3.16. The number of carbonyl (C=O) groups is 1. The van der Waals surface area contributed by atoms with Gasteiger partial charge in [-0.15, -0.1) is 0 Å². The average Bonchev–Trinajstić information content (AvgIpc) is 2.63. The second-order valence-corrected chi connectivity index (χ2v) is 5.68. The second-order valence-electron chi connectivity index (χ2n) is 5.68. The first-order chi connectivity index (χ1) is 12.4. The van der Waals surface area contributed by atoms with E-state index >= 15 is 0 Å². The van der Waals surface area contributed by atoms with Crippen LogP contribution in [0.4, 0.5) is 5.82 Å². The topological polar surface area (TPSA) is 104 Å². The molecule has 1 amide bonds. The zero-order valence-electron chi connectivity index (χ0n) is 14.9. The molecule has 1 atom stereocenters. The molecule has 8 nitrogen and oxygen atoms in total. The first-order valence-corrected chi connectivity index (χ1v) is 8.10. The molecule has 26 heavy (non-hydrogen) atoms. The van der Waals surface area contributed by atoms with E-state index in [2.05, 4.69) is 10.3 Å². The number of pyridine rings is 1. The maximum Gasteiger partial charge on any atom is 0.406 e. The number of benzene rings is 1. The fourth-order valence-corrected chi connectivity index (χ4v) is 2.26. The molecule has 0 saturated heterocycles. The predicted molar refractivity (Wildman–Crippen MR) is 95.4 cm³/mol. The van der Waals surface area contributed by atoms with Crippen molar-refractivity contribution < 1.29 is 19.2 Å². The number of aryl methyl sites for hydroxylation is 1. The van der Waals surface area contributed by atoms with Crippen LogP contribution >= 0.6 is 0 Å². The number of aromatic nitrogens is 1. The number of ether oxygens (including phenoxy) is 2. The van der Waals surface area contributed by atoms with Crippen LogP contribution in [-0.4, -0.2) is 35.6 Å². The van der Waals surface area contributed by atoms with Crippen molar-refractivity contribution in [1.29, 1.82) is 0 Å². The molecule has 8 heteroatoms. The van der Waals surface area contributed by atoms with E-state index in [1.165, 1.54) is 13.0 Å². The molecule has 0 saturated carbocycles. The molecular weight excluding hydrogens is 338 g/mol. The van der Waals surface area contributed by atoms with Gasteiger partial charge in [0, 0.05) is 13.5 Å². The number of nitro groups is 1. The van der Waals surface area contributed by atoms with Crippen molar-refractivity contribution in [1.82, 2.24) is 10.3 Å². The van der Waals surface area contributed by atoms with Gasteiger partial charge in [-0.25, -0.2) is 0 Å². The van der Waals surface area contributed by atoms with Crippen LogP contribution in [0, 0.1) is 17.0 Å². The minimum Gasteiger partial charge on any atom is -0.497 e. The molecule has 0 aliphatic rings. The van der Waals surface area contributed by atoms with Gasteiger partial charge in [0.2, 0.25) is 5.75 Å². The lowest BCUT2D eigenvalue weighted by Gasteiger charge is -2.14. The molecule has 0 aliphatic carbocycles. The summed E-state index contributed by atoms with van der Waals surface area (Å²) in [6.07, 6.45) is -0.233. The summed E-state index contributed by atoms with van der Waals surface area (Å²) in [7, 11) is 1.60. The monoisotopic (exact) mass is 359 g/mol. The Balaban J connectivity index is 1.88. The molecule has 0 bridgehead atoms. The molecule has 0 unspecified atom stereocenters. The molecule has 2 aromatic rings. The maximum absolute atomic E-state index is 12.1. The van der Waals surface area contributed by atoms with Crippen LogP contribution in [0.15, 0.2) is 36.4 Å². The standard InChI is InChI=1S/C18H21N3O5/c1-12-4-9-16(17(20-12)21(23)24)26-13(2)18(22)19-11-10-14-5-7-15(25-3)8-6-14/h4-9,13H,10-11H2,1-3H3,(H,19,22)/t13-/m1/s1. The molecule has 1 N–H and O–H groups in total. The van der Waals surface area contributed by atoms with E-state index in [0.717, 1.165) is 11.3 Å². The van der Waals surface area contributed by atoms with E-state index in [-0.39, 0.29) is 11.7 Å². The minimum atomic E-state index is -0.880. The van der Waals surface area contributed by atoms with E-state index in [4.69, 9.17) is 9.47 Å². The van der Waals surface area contributed by atoms with Crippen molar-refractivity contribution in [2.75, 3.05) is 13.7 Å². The maximum atomic E-state index is 12.1. The number of methoxy groups -OCH3 is 1. The molecule has 1 aromatic carbocycles. The summed E-state index contributed by atoms with van der Waals surface area (Å²) in [5.41, 5.74) is 1.55. The number of nitrogens with one attached hydrogen (secondary N) is 1. The quantitative estimate of drug-likeness (QED) is 0.573. The van der Waals surface area contributed by atoms with E-state index in [1.54, 1.807) is 20.1 Å². The van der Waals surface area contributed by atoms with Crippen molar-refractivity contribution in [2.45, 2.75) is 26.4 Å². The largest absolute Gasteiger partial charge is 0.497 e. The number of amides is 1. The van der Waals surface area contributed by atoms with Crippen LogP contribution in [-0.2, 0) is 11.2 Å². The van der Waals surface area contributed by atoms with E-state index in [9.17, 15) is 14.9 Å². The minimum absolute atomic E-state index is 0.0293. The molecule has 0 spiro atoms. The highest BCUT2D eigenvalue weighted by Crippen LogP contribution is 2.25. The van der Waals surface area contributed by atoms with Gasteiger partial charge in [0.25, 0.3) is 5.91 Å². The van der Waals surface area contributed by atoms with Gasteiger partial charge in [-0.05, 0) is 53.1 Å². The Morgan fingerprint density at radius 2 is 1.96 bits per heavy atom. The molecule has 1 aromatic heterocycles. The predicted octanol–water partition coefficient (Wildman–Crippen LogP) is 2.43. The van der Waals surface area contributed by atoms with Gasteiger partial charge in [0.1, 0.15) is 11.4 Å². The Morgan fingerprint density at radius 1 is 1.27 bits per heavy atom. The van der Waals surface area contributed by atoms with Gasteiger partial charge in [-0.1, -0.05) is 12.1 Å². The van der Waals surface area contributed by atoms with Crippen LogP contribution in [0.1, 0.15) is 18.2 Å². The molecule has 1 heterocycles. The third-order valence-electron chi connectivity index (χ3n) is 3.70. The highest BCUT2D eigenvalue weighted by molar-refractivity contribution is 5.80. The van der Waals surface area contributed by atoms with Gasteiger partial charge in [-0.3, -0.25) is 4.79 Å². The molecular formula is C18H21N3O5. The molecule has 2 rings (SSSR count). The van der Waals surface area contributed by atoms with E-state index in [1.807, 2.05) is 24.3 Å². The lowest BCUT2D eigenvalue weighted by molar-refractivity contribution is -0.390. The van der Waals surface area contributed by atoms with Crippen molar-refractivity contribution in [3.05, 3.63) is 57.8 Å². The summed E-state index contributed by atoms with van der Waals surface area (Å²) in [4.78, 5) is 26.4. The highest BCUT2D eigenvalue weighted by atomic mass is 16.6. The normalized spacial score (nSPS) is 11.5. The average molecular weight is 359 g/mol. The van der Waals surface area contributed by atoms with Crippen molar-refractivity contribution >= 4 is 11.7 Å². The van der Waals surface area contributed by atoms with E-state index in [0.29, 0.717) is 18.7 Å². The van der Waals surface area contributed by atoms with Crippen LogP contribution < -0.4 is 14.8 Å². The van der Waals surface area contributed by atoms with Crippen molar-refractivity contribution in [2.24, 2.45) is 0 Å². The Bertz CT molecular complexity index is 777. The molecule has 0 aliphatic heterocycles. The summed E-state index contributed by atoms with van der Waals surface area (Å²) in [5, 5.41) is 13.8. The summed E-state index contributed by atoms with van der Waals surface area (Å²) >= 11 is 0. The van der Waals surface area contributed by atoms with Crippen LogP contribution in [0.2, 0.25) is 0 Å². The van der Waals surface area contributed by atoms with Gasteiger partial charge in [0.15, 0.2) is 6.10 Å².